The Hall–Kier alpha value is -1.88. The Balaban J connectivity index is 2.67. The van der Waals surface area contributed by atoms with Gasteiger partial charge in [-0.1, -0.05) is 27.7 Å². The summed E-state index contributed by atoms with van der Waals surface area (Å²) in [5.41, 5.74) is 1.69. The molecule has 114 valence electrons. The third-order valence-corrected chi connectivity index (χ3v) is 3.47. The topological polar surface area (TPSA) is 75.3 Å². The fraction of sp³-hybridized carbons (Fsp3) is 0.500. The van der Waals surface area contributed by atoms with Crippen molar-refractivity contribution in [1.29, 1.82) is 0 Å². The number of carboxylic acids is 1. The summed E-state index contributed by atoms with van der Waals surface area (Å²) in [4.78, 5) is 15.8. The molecular formula is C16H22N2O3. The van der Waals surface area contributed by atoms with Gasteiger partial charge >= 0.3 is 5.97 Å². The number of benzene rings is 1. The van der Waals surface area contributed by atoms with Gasteiger partial charge in [-0.15, -0.1) is 0 Å². The van der Waals surface area contributed by atoms with Crippen LogP contribution in [0.25, 0.3) is 11.0 Å². The van der Waals surface area contributed by atoms with Crippen molar-refractivity contribution in [3.63, 3.8) is 0 Å². The highest BCUT2D eigenvalue weighted by Crippen LogP contribution is 2.28. The largest absolute Gasteiger partial charge is 0.478 e. The summed E-state index contributed by atoms with van der Waals surface area (Å²) in [5, 5.41) is 18.5. The number of aliphatic hydroxyl groups is 1. The van der Waals surface area contributed by atoms with Crippen LogP contribution in [0.3, 0.4) is 0 Å². The lowest BCUT2D eigenvalue weighted by molar-refractivity contribution is 0.0697. The van der Waals surface area contributed by atoms with E-state index in [0.29, 0.717) is 6.54 Å². The van der Waals surface area contributed by atoms with Crippen LogP contribution in [0, 0.1) is 5.92 Å². The van der Waals surface area contributed by atoms with Crippen LogP contribution in [-0.2, 0) is 12.0 Å². The van der Waals surface area contributed by atoms with Crippen molar-refractivity contribution in [1.82, 2.24) is 9.55 Å². The summed E-state index contributed by atoms with van der Waals surface area (Å²) in [6.45, 7) is 8.88. The van der Waals surface area contributed by atoms with Crippen LogP contribution in [0.4, 0.5) is 0 Å². The Morgan fingerprint density at radius 3 is 2.57 bits per heavy atom. The molecule has 21 heavy (non-hydrogen) atoms. The van der Waals surface area contributed by atoms with E-state index in [4.69, 9.17) is 5.11 Å². The second kappa shape index (κ2) is 5.48. The monoisotopic (exact) mass is 290 g/mol. The van der Waals surface area contributed by atoms with E-state index >= 15 is 0 Å². The van der Waals surface area contributed by atoms with Crippen LogP contribution in [0.2, 0.25) is 0 Å². The van der Waals surface area contributed by atoms with Gasteiger partial charge in [0.2, 0.25) is 0 Å². The van der Waals surface area contributed by atoms with Crippen molar-refractivity contribution in [3.05, 3.63) is 29.6 Å². The van der Waals surface area contributed by atoms with Crippen LogP contribution in [0.5, 0.6) is 0 Å². The van der Waals surface area contributed by atoms with Gasteiger partial charge in [-0.2, -0.15) is 0 Å². The standard InChI is InChI=1S/C16H22N2O3/c1-10(9-19)8-18-13-7-11(14(20)21)5-6-12(13)17-15(18)16(2,3)4/h5-7,10,19H,8-9H2,1-4H3,(H,20,21). The molecule has 0 saturated carbocycles. The molecule has 0 aliphatic heterocycles. The predicted molar refractivity (Wildman–Crippen MR) is 81.6 cm³/mol. The van der Waals surface area contributed by atoms with E-state index < -0.39 is 5.97 Å². The molecule has 0 aliphatic carbocycles. The van der Waals surface area contributed by atoms with Gasteiger partial charge in [-0.05, 0) is 24.1 Å². The first-order chi connectivity index (χ1) is 9.74. The minimum Gasteiger partial charge on any atom is -0.478 e. The van der Waals surface area contributed by atoms with Gasteiger partial charge in [0.1, 0.15) is 5.82 Å². The number of carbonyl (C=O) groups is 1. The lowest BCUT2D eigenvalue weighted by Crippen LogP contribution is -2.22. The van der Waals surface area contributed by atoms with Crippen molar-refractivity contribution in [2.45, 2.75) is 39.7 Å². The fourth-order valence-corrected chi connectivity index (χ4v) is 2.38. The molecule has 0 fully saturated rings. The Labute approximate surface area is 124 Å². The molecule has 0 spiro atoms. The first-order valence-corrected chi connectivity index (χ1v) is 7.09. The molecule has 5 heteroatoms. The van der Waals surface area contributed by atoms with Gasteiger partial charge < -0.3 is 14.8 Å². The molecule has 0 aliphatic rings. The molecule has 0 bridgehead atoms. The first kappa shape index (κ1) is 15.5. The summed E-state index contributed by atoms with van der Waals surface area (Å²) < 4.78 is 2.03. The molecule has 1 unspecified atom stereocenters. The van der Waals surface area contributed by atoms with Gasteiger partial charge in [0, 0.05) is 18.6 Å². The maximum Gasteiger partial charge on any atom is 0.335 e. The number of rotatable bonds is 4. The van der Waals surface area contributed by atoms with Gasteiger partial charge in [0.05, 0.1) is 16.6 Å². The smallest absolute Gasteiger partial charge is 0.335 e. The molecule has 5 nitrogen and oxygen atoms in total. The number of aromatic nitrogens is 2. The van der Waals surface area contributed by atoms with Gasteiger partial charge in [-0.3, -0.25) is 0 Å². The molecule has 2 aromatic rings. The number of hydrogen-bond donors (Lipinski definition) is 2. The number of fused-ring (bicyclic) bond motifs is 1. The number of hydrogen-bond acceptors (Lipinski definition) is 3. The summed E-state index contributed by atoms with van der Waals surface area (Å²) in [6.07, 6.45) is 0. The molecule has 1 aromatic carbocycles. The maximum absolute atomic E-state index is 11.2. The Morgan fingerprint density at radius 2 is 2.05 bits per heavy atom. The zero-order valence-electron chi connectivity index (χ0n) is 12.9. The second-order valence-electron chi connectivity index (χ2n) is 6.59. The number of imidazole rings is 1. The van der Waals surface area contributed by atoms with Crippen LogP contribution in [0.1, 0.15) is 43.9 Å². The Bertz CT molecular complexity index is 668. The average Bonchev–Trinajstić information content (AvgIpc) is 2.76. The van der Waals surface area contributed by atoms with E-state index in [2.05, 4.69) is 25.8 Å². The molecule has 1 heterocycles. The SMILES string of the molecule is CC(CO)Cn1c(C(C)(C)C)nc2ccc(C(=O)O)cc21. The van der Waals surface area contributed by atoms with Crippen LogP contribution >= 0.6 is 0 Å². The average molecular weight is 290 g/mol. The fourth-order valence-electron chi connectivity index (χ4n) is 2.38. The van der Waals surface area contributed by atoms with Crippen molar-refractivity contribution >= 4 is 17.0 Å². The van der Waals surface area contributed by atoms with Crippen molar-refractivity contribution in [2.24, 2.45) is 5.92 Å². The molecule has 0 saturated heterocycles. The number of aliphatic hydroxyl groups excluding tert-OH is 1. The zero-order valence-corrected chi connectivity index (χ0v) is 12.9. The Morgan fingerprint density at radius 1 is 1.38 bits per heavy atom. The maximum atomic E-state index is 11.2. The molecular weight excluding hydrogens is 268 g/mol. The van der Waals surface area contributed by atoms with Gasteiger partial charge in [0.15, 0.2) is 0 Å². The normalized spacial score (nSPS) is 13.6. The van der Waals surface area contributed by atoms with Crippen LogP contribution < -0.4 is 0 Å². The molecule has 0 amide bonds. The highest BCUT2D eigenvalue weighted by Gasteiger charge is 2.24. The van der Waals surface area contributed by atoms with Crippen molar-refractivity contribution < 1.29 is 15.0 Å². The lowest BCUT2D eigenvalue weighted by atomic mass is 9.95. The highest BCUT2D eigenvalue weighted by molar-refractivity contribution is 5.92. The summed E-state index contributed by atoms with van der Waals surface area (Å²) in [5.74, 6) is 0.0366. The minimum absolute atomic E-state index is 0.0805. The van der Waals surface area contributed by atoms with Crippen molar-refractivity contribution in [2.75, 3.05) is 6.61 Å². The van der Waals surface area contributed by atoms with Crippen LogP contribution in [-0.4, -0.2) is 32.3 Å². The lowest BCUT2D eigenvalue weighted by Gasteiger charge is -2.21. The summed E-state index contributed by atoms with van der Waals surface area (Å²) in [7, 11) is 0. The number of aromatic carboxylic acids is 1. The van der Waals surface area contributed by atoms with E-state index in [0.717, 1.165) is 16.9 Å². The van der Waals surface area contributed by atoms with E-state index in [9.17, 15) is 9.90 Å². The quantitative estimate of drug-likeness (QED) is 0.907. The Kier molecular flexibility index (Phi) is 4.05. The van der Waals surface area contributed by atoms with Crippen LogP contribution in [0.15, 0.2) is 18.2 Å². The van der Waals surface area contributed by atoms with E-state index in [1.807, 2.05) is 11.5 Å². The summed E-state index contributed by atoms with van der Waals surface area (Å²) in [6, 6.07) is 4.97. The summed E-state index contributed by atoms with van der Waals surface area (Å²) >= 11 is 0. The number of nitrogens with zero attached hydrogens (tertiary/aromatic N) is 2. The molecule has 2 rings (SSSR count). The predicted octanol–water partition coefficient (Wildman–Crippen LogP) is 2.66. The van der Waals surface area contributed by atoms with Gasteiger partial charge in [0.25, 0.3) is 0 Å². The molecule has 0 radical (unpaired) electrons. The first-order valence-electron chi connectivity index (χ1n) is 7.09. The van der Waals surface area contributed by atoms with E-state index in [1.165, 1.54) is 0 Å². The third kappa shape index (κ3) is 3.08. The minimum atomic E-state index is -0.947. The van der Waals surface area contributed by atoms with E-state index in [-0.39, 0.29) is 23.5 Å². The van der Waals surface area contributed by atoms with Gasteiger partial charge in [-0.25, -0.2) is 9.78 Å². The molecule has 2 N–H and O–H groups in total. The number of carboxylic acid groups (broad SMARTS) is 1. The van der Waals surface area contributed by atoms with E-state index in [1.54, 1.807) is 18.2 Å². The zero-order chi connectivity index (χ0) is 15.8. The molecule has 1 atom stereocenters. The van der Waals surface area contributed by atoms with Crippen molar-refractivity contribution in [3.8, 4) is 0 Å². The molecule has 1 aromatic heterocycles. The third-order valence-electron chi connectivity index (χ3n) is 3.47. The highest BCUT2D eigenvalue weighted by atomic mass is 16.4. The second-order valence-corrected chi connectivity index (χ2v) is 6.59.